The van der Waals surface area contributed by atoms with E-state index in [4.69, 9.17) is 0 Å². The van der Waals surface area contributed by atoms with Crippen molar-refractivity contribution in [2.75, 3.05) is 5.32 Å². The van der Waals surface area contributed by atoms with Crippen molar-refractivity contribution in [3.63, 3.8) is 0 Å². The molecule has 0 saturated carbocycles. The van der Waals surface area contributed by atoms with Crippen molar-refractivity contribution in [2.24, 2.45) is 0 Å². The Morgan fingerprint density at radius 2 is 2.17 bits per heavy atom. The molecule has 6 nitrogen and oxygen atoms in total. The van der Waals surface area contributed by atoms with E-state index < -0.39 is 0 Å². The molecule has 0 saturated heterocycles. The fourth-order valence-electron chi connectivity index (χ4n) is 2.45. The van der Waals surface area contributed by atoms with Gasteiger partial charge in [0.1, 0.15) is 0 Å². The van der Waals surface area contributed by atoms with E-state index in [0.717, 1.165) is 35.1 Å². The number of amides is 1. The second-order valence-corrected chi connectivity index (χ2v) is 6.55. The Hall–Kier alpha value is -2.54. The van der Waals surface area contributed by atoms with Crippen LogP contribution in [0.25, 0.3) is 5.82 Å². The molecule has 124 valence electrons. The number of hydrogen-bond donors (Lipinski definition) is 1. The normalized spacial score (nSPS) is 10.8. The van der Waals surface area contributed by atoms with Crippen LogP contribution in [0.2, 0.25) is 0 Å². The van der Waals surface area contributed by atoms with Gasteiger partial charge in [0.05, 0.1) is 22.6 Å². The Bertz CT molecular complexity index is 808. The number of rotatable bonds is 6. The zero-order valence-corrected chi connectivity index (χ0v) is 14.5. The monoisotopic (exact) mass is 341 g/mol. The third-order valence-electron chi connectivity index (χ3n) is 3.54. The maximum Gasteiger partial charge on any atom is 0.224 e. The molecule has 1 amide bonds. The number of pyridine rings is 1. The largest absolute Gasteiger partial charge is 0.325 e. The Balaban J connectivity index is 1.54. The highest BCUT2D eigenvalue weighted by atomic mass is 32.1. The number of anilines is 1. The molecule has 0 spiro atoms. The molecular formula is C17H19N5OS. The molecule has 1 N–H and O–H groups in total. The lowest BCUT2D eigenvalue weighted by Gasteiger charge is -2.07. The van der Waals surface area contributed by atoms with Crippen LogP contribution in [0, 0.1) is 13.8 Å². The van der Waals surface area contributed by atoms with Gasteiger partial charge in [-0.1, -0.05) is 0 Å². The number of hydrogen-bond acceptors (Lipinski definition) is 5. The van der Waals surface area contributed by atoms with Crippen molar-refractivity contribution in [1.29, 1.82) is 0 Å². The Kier molecular flexibility index (Phi) is 5.00. The molecule has 3 rings (SSSR count). The Morgan fingerprint density at radius 3 is 2.79 bits per heavy atom. The second-order valence-electron chi connectivity index (χ2n) is 5.57. The van der Waals surface area contributed by atoms with E-state index in [1.165, 1.54) is 0 Å². The van der Waals surface area contributed by atoms with Crippen LogP contribution in [-0.4, -0.2) is 25.7 Å². The molecule has 0 bridgehead atoms. The van der Waals surface area contributed by atoms with Crippen LogP contribution >= 0.6 is 11.3 Å². The van der Waals surface area contributed by atoms with Crippen molar-refractivity contribution < 1.29 is 4.79 Å². The minimum absolute atomic E-state index is 0.00720. The fraction of sp³-hybridized carbons (Fsp3) is 0.294. The summed E-state index contributed by atoms with van der Waals surface area (Å²) in [4.78, 5) is 20.6. The number of aryl methyl sites for hydroxylation is 3. The van der Waals surface area contributed by atoms with Crippen LogP contribution < -0.4 is 5.32 Å². The number of nitrogens with zero attached hydrogens (tertiary/aromatic N) is 4. The number of aromatic nitrogens is 4. The highest BCUT2D eigenvalue weighted by molar-refractivity contribution is 7.09. The third kappa shape index (κ3) is 4.05. The topological polar surface area (TPSA) is 72.7 Å². The Morgan fingerprint density at radius 1 is 1.29 bits per heavy atom. The predicted molar refractivity (Wildman–Crippen MR) is 94.5 cm³/mol. The molecular weight excluding hydrogens is 322 g/mol. The minimum Gasteiger partial charge on any atom is -0.325 e. The zero-order valence-electron chi connectivity index (χ0n) is 13.7. The van der Waals surface area contributed by atoms with E-state index in [-0.39, 0.29) is 5.91 Å². The lowest BCUT2D eigenvalue weighted by Crippen LogP contribution is -2.12. The van der Waals surface area contributed by atoms with Crippen LogP contribution in [0.15, 0.2) is 36.0 Å². The van der Waals surface area contributed by atoms with Crippen LogP contribution in [-0.2, 0) is 11.2 Å². The van der Waals surface area contributed by atoms with Crippen molar-refractivity contribution in [1.82, 2.24) is 19.7 Å². The standard InChI is InChI=1S/C17H19N5OS/c1-12-10-13(2)22(21-12)15-7-6-14(11-19-15)20-16(23)4-3-5-17-18-8-9-24-17/h6-11H,3-5H2,1-2H3,(H,20,23). The van der Waals surface area contributed by atoms with E-state index in [0.29, 0.717) is 12.1 Å². The first-order valence-electron chi connectivity index (χ1n) is 7.80. The number of thiazole rings is 1. The molecule has 0 unspecified atom stereocenters. The number of nitrogens with one attached hydrogen (secondary N) is 1. The molecule has 0 radical (unpaired) electrons. The highest BCUT2D eigenvalue weighted by Gasteiger charge is 2.07. The summed E-state index contributed by atoms with van der Waals surface area (Å²) in [5.74, 6) is 0.731. The van der Waals surface area contributed by atoms with Crippen LogP contribution in [0.5, 0.6) is 0 Å². The summed E-state index contributed by atoms with van der Waals surface area (Å²) in [6.07, 6.45) is 5.54. The number of carbonyl (C=O) groups excluding carboxylic acids is 1. The van der Waals surface area contributed by atoms with Gasteiger partial charge in [-0.05, 0) is 44.9 Å². The SMILES string of the molecule is Cc1cc(C)n(-c2ccc(NC(=O)CCCc3nccs3)cn2)n1. The van der Waals surface area contributed by atoms with Gasteiger partial charge < -0.3 is 5.32 Å². The molecule has 0 aromatic carbocycles. The Labute approximate surface area is 144 Å². The smallest absolute Gasteiger partial charge is 0.224 e. The molecule has 7 heteroatoms. The zero-order chi connectivity index (χ0) is 16.9. The molecule has 0 aliphatic rings. The fourth-order valence-corrected chi connectivity index (χ4v) is 3.11. The molecule has 24 heavy (non-hydrogen) atoms. The van der Waals surface area contributed by atoms with E-state index in [1.54, 1.807) is 28.4 Å². The average molecular weight is 341 g/mol. The first kappa shape index (κ1) is 16.3. The van der Waals surface area contributed by atoms with Gasteiger partial charge in [-0.3, -0.25) is 4.79 Å². The molecule has 0 aliphatic heterocycles. The van der Waals surface area contributed by atoms with Crippen LogP contribution in [0.3, 0.4) is 0 Å². The third-order valence-corrected chi connectivity index (χ3v) is 4.38. The lowest BCUT2D eigenvalue weighted by atomic mass is 10.2. The summed E-state index contributed by atoms with van der Waals surface area (Å²) in [5.41, 5.74) is 2.67. The molecule has 0 aliphatic carbocycles. The molecule has 3 aromatic heterocycles. The van der Waals surface area contributed by atoms with Crippen LogP contribution in [0.1, 0.15) is 29.2 Å². The van der Waals surface area contributed by atoms with Crippen molar-refractivity contribution in [3.8, 4) is 5.82 Å². The van der Waals surface area contributed by atoms with E-state index >= 15 is 0 Å². The summed E-state index contributed by atoms with van der Waals surface area (Å²) < 4.78 is 1.79. The summed E-state index contributed by atoms with van der Waals surface area (Å²) in [6.45, 7) is 3.93. The van der Waals surface area contributed by atoms with Gasteiger partial charge in [0.15, 0.2) is 5.82 Å². The van der Waals surface area contributed by atoms with Crippen LogP contribution in [0.4, 0.5) is 5.69 Å². The summed E-state index contributed by atoms with van der Waals surface area (Å²) >= 11 is 1.62. The number of carbonyl (C=O) groups is 1. The molecule has 3 aromatic rings. The van der Waals surface area contributed by atoms with Crippen molar-refractivity contribution >= 4 is 22.9 Å². The minimum atomic E-state index is -0.00720. The maximum absolute atomic E-state index is 12.0. The van der Waals surface area contributed by atoms with Gasteiger partial charge in [-0.2, -0.15) is 5.10 Å². The summed E-state index contributed by atoms with van der Waals surface area (Å²) in [6, 6.07) is 5.70. The molecule has 0 atom stereocenters. The predicted octanol–water partition coefficient (Wildman–Crippen LogP) is 3.30. The van der Waals surface area contributed by atoms with Gasteiger partial charge in [-0.15, -0.1) is 11.3 Å². The molecule has 3 heterocycles. The van der Waals surface area contributed by atoms with Crippen molar-refractivity contribution in [2.45, 2.75) is 33.1 Å². The first-order valence-corrected chi connectivity index (χ1v) is 8.68. The quantitative estimate of drug-likeness (QED) is 0.746. The van der Waals surface area contributed by atoms with Gasteiger partial charge in [0, 0.05) is 23.7 Å². The van der Waals surface area contributed by atoms with Gasteiger partial charge in [0.2, 0.25) is 5.91 Å². The van der Waals surface area contributed by atoms with E-state index in [9.17, 15) is 4.79 Å². The molecule has 0 fully saturated rings. The van der Waals surface area contributed by atoms with E-state index in [2.05, 4.69) is 20.4 Å². The van der Waals surface area contributed by atoms with Gasteiger partial charge in [-0.25, -0.2) is 14.6 Å². The van der Waals surface area contributed by atoms with Gasteiger partial charge in [0.25, 0.3) is 0 Å². The second kappa shape index (κ2) is 7.35. The highest BCUT2D eigenvalue weighted by Crippen LogP contribution is 2.13. The summed E-state index contributed by atoms with van der Waals surface area (Å²) in [7, 11) is 0. The maximum atomic E-state index is 12.0. The van der Waals surface area contributed by atoms with E-state index in [1.807, 2.05) is 37.4 Å². The van der Waals surface area contributed by atoms with Crippen molar-refractivity contribution in [3.05, 3.63) is 52.4 Å². The summed E-state index contributed by atoms with van der Waals surface area (Å²) in [5, 5.41) is 10.3. The average Bonchev–Trinajstić information content (AvgIpc) is 3.18. The lowest BCUT2D eigenvalue weighted by molar-refractivity contribution is -0.116. The first-order chi connectivity index (χ1) is 11.6. The van der Waals surface area contributed by atoms with Gasteiger partial charge >= 0.3 is 0 Å².